The fraction of sp³-hybridized carbons (Fsp3) is 0.727. The average molecular weight is 210 g/mol. The van der Waals surface area contributed by atoms with Gasteiger partial charge >= 0.3 is 0 Å². The topological polar surface area (TPSA) is 38.9 Å². The number of nitrogens with zero attached hydrogens (tertiary/aromatic N) is 1. The highest BCUT2D eigenvalue weighted by Crippen LogP contribution is 2.37. The van der Waals surface area contributed by atoms with Crippen LogP contribution in [0.5, 0.6) is 0 Å². The zero-order valence-corrected chi connectivity index (χ0v) is 9.52. The van der Waals surface area contributed by atoms with Crippen LogP contribution in [-0.4, -0.2) is 11.5 Å². The monoisotopic (exact) mass is 210 g/mol. The Morgan fingerprint density at radius 3 is 3.00 bits per heavy atom. The predicted molar refractivity (Wildman–Crippen MR) is 60.6 cm³/mol. The summed E-state index contributed by atoms with van der Waals surface area (Å²) >= 11 is 1.83. The second kappa shape index (κ2) is 4.41. The molecule has 0 aromatic carbocycles. The maximum Gasteiger partial charge on any atom is 0.0959 e. The summed E-state index contributed by atoms with van der Waals surface area (Å²) in [6, 6.07) is 0. The first-order valence-corrected chi connectivity index (χ1v) is 6.32. The molecule has 0 saturated heterocycles. The maximum atomic E-state index is 5.60. The van der Waals surface area contributed by atoms with Crippen LogP contribution in [0.15, 0.2) is 5.38 Å². The molecule has 1 aromatic heterocycles. The van der Waals surface area contributed by atoms with Gasteiger partial charge in [0.1, 0.15) is 0 Å². The normalized spacial score (nSPS) is 19.3. The zero-order chi connectivity index (χ0) is 9.97. The molecule has 1 aliphatic rings. The van der Waals surface area contributed by atoms with Gasteiger partial charge in [-0.2, -0.15) is 0 Å². The lowest BCUT2D eigenvalue weighted by Gasteiger charge is -2.22. The van der Waals surface area contributed by atoms with E-state index in [1.54, 1.807) is 0 Å². The second-order valence-electron chi connectivity index (χ2n) is 4.35. The van der Waals surface area contributed by atoms with E-state index in [9.17, 15) is 0 Å². The van der Waals surface area contributed by atoms with Crippen molar-refractivity contribution in [2.45, 2.75) is 38.5 Å². The molecule has 1 heterocycles. The third-order valence-corrected chi connectivity index (χ3v) is 4.04. The Kier molecular flexibility index (Phi) is 3.19. The van der Waals surface area contributed by atoms with Crippen LogP contribution in [0.4, 0.5) is 0 Å². The van der Waals surface area contributed by atoms with Crippen LogP contribution in [0.2, 0.25) is 0 Å². The van der Waals surface area contributed by atoms with Gasteiger partial charge in [0.25, 0.3) is 0 Å². The summed E-state index contributed by atoms with van der Waals surface area (Å²) in [5, 5.41) is 3.57. The molecule has 0 bridgehead atoms. The van der Waals surface area contributed by atoms with Gasteiger partial charge in [-0.1, -0.05) is 13.3 Å². The first kappa shape index (κ1) is 10.1. The van der Waals surface area contributed by atoms with Crippen molar-refractivity contribution in [3.8, 4) is 0 Å². The third-order valence-electron chi connectivity index (χ3n) is 2.98. The van der Waals surface area contributed by atoms with Crippen LogP contribution in [0.1, 0.15) is 42.8 Å². The standard InChI is InChI=1S/C11H18N2S/c1-8(6-12)5-10-7-14-11(13-10)9-3-2-4-9/h7-9H,2-6,12H2,1H3. The number of thiazole rings is 1. The fourth-order valence-corrected chi connectivity index (χ4v) is 2.70. The minimum Gasteiger partial charge on any atom is -0.330 e. The fourth-order valence-electron chi connectivity index (χ4n) is 1.70. The van der Waals surface area contributed by atoms with Crippen LogP contribution < -0.4 is 5.73 Å². The summed E-state index contributed by atoms with van der Waals surface area (Å²) in [6.07, 6.45) is 5.12. The highest BCUT2D eigenvalue weighted by atomic mass is 32.1. The summed E-state index contributed by atoms with van der Waals surface area (Å²) in [6.45, 7) is 2.94. The van der Waals surface area contributed by atoms with Gasteiger partial charge in [-0.15, -0.1) is 11.3 Å². The van der Waals surface area contributed by atoms with E-state index in [1.807, 2.05) is 11.3 Å². The lowest BCUT2D eigenvalue weighted by atomic mass is 9.86. The Hall–Kier alpha value is -0.410. The van der Waals surface area contributed by atoms with Crippen LogP contribution >= 0.6 is 11.3 Å². The van der Waals surface area contributed by atoms with E-state index < -0.39 is 0 Å². The van der Waals surface area contributed by atoms with Crippen molar-refractivity contribution in [1.82, 2.24) is 4.98 Å². The molecular formula is C11H18N2S. The van der Waals surface area contributed by atoms with Crippen molar-refractivity contribution < 1.29 is 0 Å². The average Bonchev–Trinajstić information content (AvgIpc) is 2.50. The summed E-state index contributed by atoms with van der Waals surface area (Å²) in [5.41, 5.74) is 6.84. The van der Waals surface area contributed by atoms with Crippen molar-refractivity contribution in [2.75, 3.05) is 6.54 Å². The molecule has 2 nitrogen and oxygen atoms in total. The van der Waals surface area contributed by atoms with Gasteiger partial charge < -0.3 is 5.73 Å². The molecule has 1 aromatic rings. The van der Waals surface area contributed by atoms with Crippen molar-refractivity contribution >= 4 is 11.3 Å². The smallest absolute Gasteiger partial charge is 0.0959 e. The molecule has 0 aliphatic heterocycles. The second-order valence-corrected chi connectivity index (χ2v) is 5.24. The van der Waals surface area contributed by atoms with Crippen LogP contribution in [-0.2, 0) is 6.42 Å². The minimum absolute atomic E-state index is 0.561. The van der Waals surface area contributed by atoms with E-state index in [0.29, 0.717) is 5.92 Å². The molecule has 1 aliphatic carbocycles. The van der Waals surface area contributed by atoms with Gasteiger partial charge in [0.15, 0.2) is 0 Å². The van der Waals surface area contributed by atoms with Gasteiger partial charge in [-0.3, -0.25) is 0 Å². The highest BCUT2D eigenvalue weighted by molar-refractivity contribution is 7.09. The molecule has 78 valence electrons. The van der Waals surface area contributed by atoms with Gasteiger partial charge in [0.05, 0.1) is 10.7 Å². The molecule has 3 heteroatoms. The number of hydrogen-bond acceptors (Lipinski definition) is 3. The lowest BCUT2D eigenvalue weighted by Crippen LogP contribution is -2.13. The Morgan fingerprint density at radius 2 is 2.43 bits per heavy atom. The molecule has 14 heavy (non-hydrogen) atoms. The zero-order valence-electron chi connectivity index (χ0n) is 8.70. The van der Waals surface area contributed by atoms with E-state index in [1.165, 1.54) is 30.0 Å². The van der Waals surface area contributed by atoms with Gasteiger partial charge in [0.2, 0.25) is 0 Å². The summed E-state index contributed by atoms with van der Waals surface area (Å²) in [4.78, 5) is 4.68. The Balaban J connectivity index is 1.95. The van der Waals surface area contributed by atoms with Crippen molar-refractivity contribution in [2.24, 2.45) is 11.7 Å². The largest absolute Gasteiger partial charge is 0.330 e. The Labute approximate surface area is 89.5 Å². The van der Waals surface area contributed by atoms with Crippen molar-refractivity contribution in [3.05, 3.63) is 16.1 Å². The van der Waals surface area contributed by atoms with Crippen LogP contribution in [0.25, 0.3) is 0 Å². The molecule has 0 spiro atoms. The summed E-state index contributed by atoms with van der Waals surface area (Å²) in [7, 11) is 0. The molecule has 2 N–H and O–H groups in total. The van der Waals surface area contributed by atoms with Crippen molar-refractivity contribution in [1.29, 1.82) is 0 Å². The minimum atomic E-state index is 0.561. The molecule has 1 fully saturated rings. The van der Waals surface area contributed by atoms with Gasteiger partial charge in [-0.05, 0) is 31.7 Å². The van der Waals surface area contributed by atoms with Gasteiger partial charge in [0, 0.05) is 11.3 Å². The number of aromatic nitrogens is 1. The highest BCUT2D eigenvalue weighted by Gasteiger charge is 2.22. The van der Waals surface area contributed by atoms with E-state index >= 15 is 0 Å². The maximum absolute atomic E-state index is 5.60. The number of hydrogen-bond donors (Lipinski definition) is 1. The number of rotatable bonds is 4. The van der Waals surface area contributed by atoms with Crippen LogP contribution in [0, 0.1) is 5.92 Å². The third kappa shape index (κ3) is 2.15. The molecular weight excluding hydrogens is 192 g/mol. The first-order chi connectivity index (χ1) is 6.79. The van der Waals surface area contributed by atoms with E-state index in [0.717, 1.165) is 18.9 Å². The lowest BCUT2D eigenvalue weighted by molar-refractivity contribution is 0.417. The molecule has 0 radical (unpaired) electrons. The van der Waals surface area contributed by atoms with Crippen LogP contribution in [0.3, 0.4) is 0 Å². The molecule has 1 saturated carbocycles. The van der Waals surface area contributed by atoms with Crippen molar-refractivity contribution in [3.63, 3.8) is 0 Å². The number of nitrogens with two attached hydrogens (primary N) is 1. The quantitative estimate of drug-likeness (QED) is 0.829. The SMILES string of the molecule is CC(CN)Cc1csc(C2CCC2)n1. The van der Waals surface area contributed by atoms with E-state index in [4.69, 9.17) is 5.73 Å². The Morgan fingerprint density at radius 1 is 1.64 bits per heavy atom. The van der Waals surface area contributed by atoms with E-state index in [2.05, 4.69) is 17.3 Å². The predicted octanol–water partition coefficient (Wildman–Crippen LogP) is 2.55. The summed E-state index contributed by atoms with van der Waals surface area (Å²) < 4.78 is 0. The van der Waals surface area contributed by atoms with Gasteiger partial charge in [-0.25, -0.2) is 4.98 Å². The molecule has 1 unspecified atom stereocenters. The summed E-state index contributed by atoms with van der Waals surface area (Å²) in [5.74, 6) is 1.34. The first-order valence-electron chi connectivity index (χ1n) is 5.44. The molecule has 1 atom stereocenters. The Bertz CT molecular complexity index is 291. The molecule has 0 amide bonds. The molecule has 2 rings (SSSR count). The van der Waals surface area contributed by atoms with E-state index in [-0.39, 0.29) is 0 Å².